The molecule has 1 aromatic carbocycles. The molecular formula is C17H23N3O7. The highest BCUT2D eigenvalue weighted by atomic mass is 16.7. The van der Waals surface area contributed by atoms with Gasteiger partial charge in [-0.05, 0) is 17.3 Å². The lowest BCUT2D eigenvalue weighted by Gasteiger charge is -2.37. The van der Waals surface area contributed by atoms with Crippen LogP contribution in [-0.4, -0.2) is 64.2 Å². The van der Waals surface area contributed by atoms with Crippen LogP contribution in [0.2, 0.25) is 0 Å². The summed E-state index contributed by atoms with van der Waals surface area (Å²) in [7, 11) is 0. The van der Waals surface area contributed by atoms with E-state index in [1.54, 1.807) is 44.2 Å². The van der Waals surface area contributed by atoms with Gasteiger partial charge >= 0.3 is 6.09 Å². The average molecular weight is 381 g/mol. The van der Waals surface area contributed by atoms with Crippen LogP contribution in [0.4, 0.5) is 10.5 Å². The van der Waals surface area contributed by atoms with Gasteiger partial charge in [0.2, 0.25) is 5.91 Å². The van der Waals surface area contributed by atoms with Gasteiger partial charge in [-0.3, -0.25) is 14.9 Å². The zero-order valence-electron chi connectivity index (χ0n) is 14.9. The summed E-state index contributed by atoms with van der Waals surface area (Å²) < 4.78 is 5.28. The van der Waals surface area contributed by atoms with Crippen molar-refractivity contribution in [2.75, 3.05) is 11.9 Å². The number of aliphatic hydroxyl groups excluding tert-OH is 3. The van der Waals surface area contributed by atoms with E-state index in [9.17, 15) is 24.9 Å². The van der Waals surface area contributed by atoms with Crippen molar-refractivity contribution in [1.82, 2.24) is 5.32 Å². The zero-order chi connectivity index (χ0) is 20.0. The maximum atomic E-state index is 12.0. The third-order valence-corrected chi connectivity index (χ3v) is 3.85. The van der Waals surface area contributed by atoms with Gasteiger partial charge in [0.25, 0.3) is 5.90 Å². The Bertz CT molecular complexity index is 680. The first-order valence-electron chi connectivity index (χ1n) is 8.38. The summed E-state index contributed by atoms with van der Waals surface area (Å²) in [5.41, 5.74) is 0.473. The number of hydrogen-bond donors (Lipinski definition) is 5. The Morgan fingerprint density at radius 3 is 2.48 bits per heavy atom. The predicted octanol–water partition coefficient (Wildman–Crippen LogP) is -0.198. The Morgan fingerprint density at radius 2 is 1.89 bits per heavy atom. The van der Waals surface area contributed by atoms with E-state index >= 15 is 0 Å². The fourth-order valence-corrected chi connectivity index (χ4v) is 2.30. The second-order valence-corrected chi connectivity index (χ2v) is 6.26. The Labute approximate surface area is 155 Å². The van der Waals surface area contributed by atoms with Gasteiger partial charge in [0.05, 0.1) is 6.61 Å². The highest BCUT2D eigenvalue weighted by molar-refractivity contribution is 5.90. The number of anilines is 1. The molecule has 1 aromatic rings. The number of nitrogens with one attached hydrogen (secondary N) is 2. The van der Waals surface area contributed by atoms with E-state index in [1.165, 1.54) is 0 Å². The van der Waals surface area contributed by atoms with E-state index < -0.39 is 48.9 Å². The second kappa shape index (κ2) is 9.31. The van der Waals surface area contributed by atoms with Crippen molar-refractivity contribution >= 4 is 23.6 Å². The average Bonchev–Trinajstić information content (AvgIpc) is 2.65. The normalized spacial score (nSPS) is 26.4. The molecule has 2 rings (SSSR count). The van der Waals surface area contributed by atoms with E-state index in [4.69, 9.17) is 9.57 Å². The van der Waals surface area contributed by atoms with Crippen LogP contribution in [0.5, 0.6) is 0 Å². The highest BCUT2D eigenvalue weighted by Gasteiger charge is 2.44. The molecule has 0 aliphatic carbocycles. The molecule has 27 heavy (non-hydrogen) atoms. The quantitative estimate of drug-likeness (QED) is 0.350. The number of carbonyl (C=O) groups excluding carboxylic acids is 2. The monoisotopic (exact) mass is 381 g/mol. The number of rotatable bonds is 5. The molecule has 0 radical (unpaired) electrons. The number of amides is 2. The first kappa shape index (κ1) is 20.6. The van der Waals surface area contributed by atoms with Gasteiger partial charge in [-0.15, -0.1) is 0 Å². The minimum Gasteiger partial charge on any atom is -0.468 e. The lowest BCUT2D eigenvalue weighted by molar-refractivity contribution is -0.130. The molecule has 0 bridgehead atoms. The van der Waals surface area contributed by atoms with E-state index in [2.05, 4.69) is 15.8 Å². The summed E-state index contributed by atoms with van der Waals surface area (Å²) >= 11 is 0. The van der Waals surface area contributed by atoms with E-state index in [0.29, 0.717) is 5.69 Å². The van der Waals surface area contributed by atoms with Gasteiger partial charge < -0.3 is 25.4 Å². The van der Waals surface area contributed by atoms with E-state index in [-0.39, 0.29) is 5.90 Å². The second-order valence-electron chi connectivity index (χ2n) is 6.26. The van der Waals surface area contributed by atoms with Gasteiger partial charge in [0, 0.05) is 11.6 Å². The van der Waals surface area contributed by atoms with Crippen LogP contribution in [0.3, 0.4) is 0 Å². The minimum atomic E-state index is -1.52. The van der Waals surface area contributed by atoms with Crippen molar-refractivity contribution in [1.29, 1.82) is 0 Å². The fourth-order valence-electron chi connectivity index (χ4n) is 2.30. The van der Waals surface area contributed by atoms with Crippen LogP contribution in [0.25, 0.3) is 0 Å². The molecule has 2 unspecified atom stereocenters. The van der Waals surface area contributed by atoms with Gasteiger partial charge in [0.15, 0.2) is 6.10 Å². The standard InChI is InChI=1S/C17H23N3O7/c1-9(2)15(24)19-12-14(23)13(22)11(8-21)26-16(12)20-27-17(25)18-10-6-4-3-5-7-10/h3-7,9,11-14,21-23H,8H2,1-2H3,(H,18,25)(H,19,24)/b20-16-/t11?,12-,13?,14+/m0/s1. The predicted molar refractivity (Wildman–Crippen MR) is 94.7 cm³/mol. The van der Waals surface area contributed by atoms with Crippen LogP contribution < -0.4 is 10.6 Å². The lowest BCUT2D eigenvalue weighted by atomic mass is 9.97. The van der Waals surface area contributed by atoms with Gasteiger partial charge in [-0.1, -0.05) is 32.0 Å². The maximum Gasteiger partial charge on any atom is 0.437 e. The molecule has 1 heterocycles. The first-order chi connectivity index (χ1) is 12.8. The van der Waals surface area contributed by atoms with Crippen molar-refractivity contribution in [2.24, 2.45) is 11.1 Å². The summed E-state index contributed by atoms with van der Waals surface area (Å²) in [5, 5.41) is 37.9. The van der Waals surface area contributed by atoms with E-state index in [0.717, 1.165) is 0 Å². The molecule has 0 saturated carbocycles. The number of para-hydroxylation sites is 1. The highest BCUT2D eigenvalue weighted by Crippen LogP contribution is 2.19. The molecule has 10 nitrogen and oxygen atoms in total. The number of hydrogen-bond acceptors (Lipinski definition) is 8. The zero-order valence-corrected chi connectivity index (χ0v) is 14.9. The molecule has 0 aromatic heterocycles. The fraction of sp³-hybridized carbons (Fsp3) is 0.471. The number of carbonyl (C=O) groups is 2. The molecular weight excluding hydrogens is 358 g/mol. The number of aliphatic hydroxyl groups is 3. The maximum absolute atomic E-state index is 12.0. The summed E-state index contributed by atoms with van der Waals surface area (Å²) in [5.74, 6) is -1.18. The Balaban J connectivity index is 2.13. The van der Waals surface area contributed by atoms with E-state index in [1.807, 2.05) is 0 Å². The molecule has 4 atom stereocenters. The molecule has 1 aliphatic rings. The molecule has 1 fully saturated rings. The van der Waals surface area contributed by atoms with Crippen molar-refractivity contribution in [3.8, 4) is 0 Å². The third kappa shape index (κ3) is 5.39. The van der Waals surface area contributed by atoms with Crippen molar-refractivity contribution in [2.45, 2.75) is 38.2 Å². The number of nitrogens with zero attached hydrogens (tertiary/aromatic N) is 1. The van der Waals surface area contributed by atoms with Crippen LogP contribution in [0, 0.1) is 5.92 Å². The van der Waals surface area contributed by atoms with Crippen molar-refractivity contribution < 1.29 is 34.5 Å². The van der Waals surface area contributed by atoms with Crippen LogP contribution >= 0.6 is 0 Å². The van der Waals surface area contributed by atoms with Crippen LogP contribution in [-0.2, 0) is 14.4 Å². The molecule has 0 spiro atoms. The number of oxime groups is 1. The molecule has 5 N–H and O–H groups in total. The third-order valence-electron chi connectivity index (χ3n) is 3.85. The van der Waals surface area contributed by atoms with Crippen molar-refractivity contribution in [3.05, 3.63) is 30.3 Å². The largest absolute Gasteiger partial charge is 0.468 e. The van der Waals surface area contributed by atoms with Crippen LogP contribution in [0.1, 0.15) is 13.8 Å². The number of benzene rings is 1. The van der Waals surface area contributed by atoms with Gasteiger partial charge in [0.1, 0.15) is 18.2 Å². The van der Waals surface area contributed by atoms with Crippen LogP contribution in [0.15, 0.2) is 35.5 Å². The molecule has 1 aliphatic heterocycles. The Hall–Kier alpha value is -2.69. The number of ether oxygens (including phenoxy) is 1. The molecule has 1 saturated heterocycles. The topological polar surface area (TPSA) is 150 Å². The van der Waals surface area contributed by atoms with Gasteiger partial charge in [-0.2, -0.15) is 0 Å². The van der Waals surface area contributed by atoms with Crippen molar-refractivity contribution in [3.63, 3.8) is 0 Å². The SMILES string of the molecule is CC(C)C(=O)N[C@@H]1/C(=N/OC(=O)Nc2ccccc2)OC(CO)C(O)[C@@H]1O. The summed E-state index contributed by atoms with van der Waals surface area (Å²) in [4.78, 5) is 28.5. The minimum absolute atomic E-state index is 0.343. The summed E-state index contributed by atoms with van der Waals surface area (Å²) in [6.07, 6.45) is -5.10. The molecule has 2 amide bonds. The summed E-state index contributed by atoms with van der Waals surface area (Å²) in [6.45, 7) is 2.66. The summed E-state index contributed by atoms with van der Waals surface area (Å²) in [6, 6.07) is 7.23. The first-order valence-corrected chi connectivity index (χ1v) is 8.38. The smallest absolute Gasteiger partial charge is 0.437 e. The Kier molecular flexibility index (Phi) is 7.11. The van der Waals surface area contributed by atoms with Gasteiger partial charge in [-0.25, -0.2) is 4.79 Å². The lowest BCUT2D eigenvalue weighted by Crippen LogP contribution is -2.63. The molecule has 148 valence electrons. The molecule has 10 heteroatoms. The Morgan fingerprint density at radius 1 is 1.22 bits per heavy atom.